The lowest BCUT2D eigenvalue weighted by Crippen LogP contribution is -2.31. The van der Waals surface area contributed by atoms with Gasteiger partial charge in [0.2, 0.25) is 0 Å². The number of rotatable bonds is 2. The number of hydrogen-bond donors (Lipinski definition) is 2. The minimum atomic E-state index is -0.614. The van der Waals surface area contributed by atoms with E-state index < -0.39 is 23.8 Å². The van der Waals surface area contributed by atoms with Gasteiger partial charge in [0, 0.05) is 39.6 Å². The number of pyridine rings is 1. The number of nitrogens with one attached hydrogen (secondary N) is 2. The molecule has 40 heavy (non-hydrogen) atoms. The van der Waals surface area contributed by atoms with Gasteiger partial charge in [-0.15, -0.1) is 0 Å². The third kappa shape index (κ3) is 6.37. The predicted octanol–water partition coefficient (Wildman–Crippen LogP) is 2.37. The quantitative estimate of drug-likeness (QED) is 0.466. The first-order valence-corrected chi connectivity index (χ1v) is 12.7. The molecule has 2 heterocycles. The van der Waals surface area contributed by atoms with Crippen LogP contribution < -0.4 is 20.4 Å². The summed E-state index contributed by atoms with van der Waals surface area (Å²) in [4.78, 5) is 59.5. The van der Waals surface area contributed by atoms with Crippen molar-refractivity contribution in [3.63, 3.8) is 0 Å². The van der Waals surface area contributed by atoms with Crippen molar-refractivity contribution in [2.75, 3.05) is 64.3 Å². The Labute approximate surface area is 232 Å². The lowest BCUT2D eigenvalue weighted by molar-refractivity contribution is 0.0495. The molecule has 2 aromatic carbocycles. The number of aromatic nitrogens is 1. The molecule has 11 nitrogen and oxygen atoms in total. The number of fused-ring (bicyclic) bond motifs is 5. The zero-order valence-corrected chi connectivity index (χ0v) is 22.8. The van der Waals surface area contributed by atoms with Crippen LogP contribution in [0.2, 0.25) is 0 Å². The van der Waals surface area contributed by atoms with Crippen LogP contribution in [0.5, 0.6) is 0 Å². The highest BCUT2D eigenvalue weighted by molar-refractivity contribution is 6.04. The second-order valence-electron chi connectivity index (χ2n) is 9.44. The molecule has 0 saturated carbocycles. The highest BCUT2D eigenvalue weighted by atomic mass is 16.5. The monoisotopic (exact) mass is 545 g/mol. The summed E-state index contributed by atoms with van der Waals surface area (Å²) in [7, 11) is 7.40. The van der Waals surface area contributed by atoms with Crippen molar-refractivity contribution in [1.29, 1.82) is 0 Å². The zero-order chi connectivity index (χ0) is 28.8. The molecule has 2 bridgehead atoms. The molecular formula is C29H31N5O6. The number of ether oxygens (including phenoxy) is 2. The molecule has 0 aliphatic carbocycles. The lowest BCUT2D eigenvalue weighted by Gasteiger charge is -2.20. The van der Waals surface area contributed by atoms with Crippen molar-refractivity contribution < 1.29 is 28.7 Å². The van der Waals surface area contributed by atoms with E-state index in [0.29, 0.717) is 11.1 Å². The van der Waals surface area contributed by atoms with Gasteiger partial charge in [-0.2, -0.15) is 0 Å². The van der Waals surface area contributed by atoms with E-state index in [9.17, 15) is 19.2 Å². The number of carbonyl (C=O) groups excluding carboxylic acids is 4. The Balaban J connectivity index is 1.75. The molecule has 3 aromatic rings. The number of hydrogen-bond acceptors (Lipinski definition) is 9. The first-order chi connectivity index (χ1) is 19.2. The van der Waals surface area contributed by atoms with Crippen molar-refractivity contribution in [2.24, 2.45) is 0 Å². The van der Waals surface area contributed by atoms with Gasteiger partial charge in [0.15, 0.2) is 0 Å². The summed E-state index contributed by atoms with van der Waals surface area (Å²) >= 11 is 0. The van der Waals surface area contributed by atoms with Gasteiger partial charge in [0.1, 0.15) is 24.6 Å². The van der Waals surface area contributed by atoms with Crippen molar-refractivity contribution in [3.8, 4) is 11.1 Å². The van der Waals surface area contributed by atoms with Gasteiger partial charge in [-0.3, -0.25) is 9.59 Å². The number of esters is 2. The highest BCUT2D eigenvalue weighted by Crippen LogP contribution is 2.33. The number of benzene rings is 2. The van der Waals surface area contributed by atoms with Gasteiger partial charge in [-0.25, -0.2) is 14.6 Å². The Morgan fingerprint density at radius 1 is 0.625 bits per heavy atom. The summed E-state index contributed by atoms with van der Waals surface area (Å²) < 4.78 is 11.0. The number of nitrogens with zero attached hydrogens (tertiary/aromatic N) is 3. The molecule has 1 aliphatic heterocycles. The van der Waals surface area contributed by atoms with Crippen LogP contribution >= 0.6 is 0 Å². The lowest BCUT2D eigenvalue weighted by atomic mass is 9.94. The third-order valence-electron chi connectivity index (χ3n) is 6.23. The summed E-state index contributed by atoms with van der Waals surface area (Å²) in [6, 6.07) is 15.1. The maximum Gasteiger partial charge on any atom is 0.338 e. The van der Waals surface area contributed by atoms with Crippen LogP contribution in [-0.2, 0) is 9.47 Å². The van der Waals surface area contributed by atoms with Gasteiger partial charge in [0.25, 0.3) is 11.8 Å². The second kappa shape index (κ2) is 12.3. The van der Waals surface area contributed by atoms with E-state index >= 15 is 0 Å². The molecule has 0 atom stereocenters. The first kappa shape index (κ1) is 28.1. The summed E-state index contributed by atoms with van der Waals surface area (Å²) in [6.07, 6.45) is 0. The molecule has 1 aromatic heterocycles. The average molecular weight is 546 g/mol. The maximum absolute atomic E-state index is 13.3. The molecule has 1 aliphatic rings. The topological polar surface area (TPSA) is 130 Å². The maximum atomic E-state index is 13.3. The normalized spacial score (nSPS) is 14.6. The molecule has 11 heteroatoms. The van der Waals surface area contributed by atoms with Crippen molar-refractivity contribution in [1.82, 2.24) is 15.6 Å². The Kier molecular flexibility index (Phi) is 8.63. The largest absolute Gasteiger partial charge is 0.460 e. The zero-order valence-electron chi connectivity index (χ0n) is 22.8. The minimum absolute atomic E-state index is 0.0283. The summed E-state index contributed by atoms with van der Waals surface area (Å²) in [6.45, 7) is -0.156. The molecule has 2 amide bonds. The molecule has 208 valence electrons. The molecule has 0 unspecified atom stereocenters. The van der Waals surface area contributed by atoms with Crippen LogP contribution in [0.3, 0.4) is 0 Å². The molecule has 0 spiro atoms. The minimum Gasteiger partial charge on any atom is -0.460 e. The smallest absolute Gasteiger partial charge is 0.338 e. The second-order valence-corrected chi connectivity index (χ2v) is 9.44. The fourth-order valence-electron chi connectivity index (χ4n) is 4.07. The van der Waals surface area contributed by atoms with E-state index in [2.05, 4.69) is 15.6 Å². The number of anilines is 2. The number of amides is 2. The van der Waals surface area contributed by atoms with Crippen molar-refractivity contribution >= 4 is 35.1 Å². The van der Waals surface area contributed by atoms with E-state index in [4.69, 9.17) is 9.47 Å². The van der Waals surface area contributed by atoms with Crippen LogP contribution in [0.25, 0.3) is 11.1 Å². The fourth-order valence-corrected chi connectivity index (χ4v) is 4.07. The Morgan fingerprint density at radius 3 is 1.45 bits per heavy atom. The van der Waals surface area contributed by atoms with E-state index in [0.717, 1.165) is 11.4 Å². The molecule has 0 fully saturated rings. The highest BCUT2D eigenvalue weighted by Gasteiger charge is 2.23. The average Bonchev–Trinajstić information content (AvgIpc) is 2.95. The third-order valence-corrected chi connectivity index (χ3v) is 6.23. The number of carbonyl (C=O) groups is 4. The first-order valence-electron chi connectivity index (χ1n) is 12.7. The van der Waals surface area contributed by atoms with E-state index in [1.165, 1.54) is 18.2 Å². The number of cyclic esters (lactones) is 2. The van der Waals surface area contributed by atoms with Gasteiger partial charge < -0.3 is 29.9 Å². The van der Waals surface area contributed by atoms with E-state index in [-0.39, 0.29) is 48.8 Å². The molecular weight excluding hydrogens is 514 g/mol. The summed E-state index contributed by atoms with van der Waals surface area (Å²) in [5.74, 6) is -2.26. The Morgan fingerprint density at radius 2 is 1.05 bits per heavy atom. The van der Waals surface area contributed by atoms with Crippen LogP contribution in [-0.4, -0.2) is 83.2 Å². The van der Waals surface area contributed by atoms with Gasteiger partial charge in [-0.05, 0) is 47.5 Å². The van der Waals surface area contributed by atoms with Gasteiger partial charge in [-0.1, -0.05) is 18.2 Å². The SMILES string of the molecule is CN(C)c1ccc2c(c1)C(=O)OCCNC(=O)c1cccc(n1)C(=O)NCCOC(=O)c1cc(N(C)C)ccc1-2. The molecule has 4 rings (SSSR count). The molecule has 0 saturated heterocycles. The van der Waals surface area contributed by atoms with Crippen LogP contribution in [0.1, 0.15) is 41.7 Å². The fraction of sp³-hybridized carbons (Fsp3) is 0.276. The summed E-state index contributed by atoms with van der Waals surface area (Å²) in [5.41, 5.74) is 3.09. The van der Waals surface area contributed by atoms with E-state index in [1.807, 2.05) is 50.1 Å². The standard InChI is InChI=1S/C29H31N5O6/c1-33(2)18-8-10-20-21-11-9-19(34(3)4)17-23(21)29(38)40-15-13-31-27(36)25-7-5-6-24(32-25)26(35)30-12-14-39-28(37)22(20)16-18/h5-11,16-17H,12-15H2,1-4H3,(H,30,35)(H,31,36). The van der Waals surface area contributed by atoms with Crippen molar-refractivity contribution in [2.45, 2.75) is 0 Å². The molecule has 2 N–H and O–H groups in total. The predicted molar refractivity (Wildman–Crippen MR) is 150 cm³/mol. The van der Waals surface area contributed by atoms with Gasteiger partial charge >= 0.3 is 11.9 Å². The van der Waals surface area contributed by atoms with Gasteiger partial charge in [0.05, 0.1) is 24.2 Å². The van der Waals surface area contributed by atoms with Crippen LogP contribution in [0, 0.1) is 0 Å². The summed E-state index contributed by atoms with van der Waals surface area (Å²) in [5, 5.41) is 5.29. The molecule has 0 radical (unpaired) electrons. The van der Waals surface area contributed by atoms with Crippen LogP contribution in [0.15, 0.2) is 54.6 Å². The Hall–Kier alpha value is -4.93. The van der Waals surface area contributed by atoms with Crippen molar-refractivity contribution in [3.05, 3.63) is 77.1 Å². The van der Waals surface area contributed by atoms with Crippen LogP contribution in [0.4, 0.5) is 11.4 Å². The van der Waals surface area contributed by atoms with E-state index in [1.54, 1.807) is 24.3 Å². The Bertz CT molecular complexity index is 1350.